The van der Waals surface area contributed by atoms with Crippen molar-refractivity contribution in [3.8, 4) is 0 Å². The topological polar surface area (TPSA) is 26.8 Å². The van der Waals surface area contributed by atoms with Crippen LogP contribution in [0.4, 0.5) is 0 Å². The van der Waals surface area contributed by atoms with Gasteiger partial charge in [0, 0.05) is 32.4 Å². The molecule has 20 heavy (non-hydrogen) atoms. The molecule has 1 saturated heterocycles. The summed E-state index contributed by atoms with van der Waals surface area (Å²) >= 11 is 0. The van der Waals surface area contributed by atoms with Crippen LogP contribution in [0.15, 0.2) is 42.6 Å². The van der Waals surface area contributed by atoms with Crippen LogP contribution in [0.3, 0.4) is 0 Å². The van der Waals surface area contributed by atoms with Gasteiger partial charge in [0.1, 0.15) is 0 Å². The summed E-state index contributed by atoms with van der Waals surface area (Å²) in [6.45, 7) is 3.94. The Hall–Kier alpha value is -1.81. The molecule has 106 valence electrons. The monoisotopic (exact) mass is 271 g/mol. The van der Waals surface area contributed by atoms with Crippen LogP contribution in [0.5, 0.6) is 0 Å². The Morgan fingerprint density at radius 1 is 1.25 bits per heavy atom. The van der Waals surface area contributed by atoms with Crippen molar-refractivity contribution in [1.82, 2.24) is 14.7 Å². The lowest BCUT2D eigenvalue weighted by molar-refractivity contribution is -0.134. The number of carbonyl (C=O) groups excluding carboxylic acids is 1. The van der Waals surface area contributed by atoms with E-state index in [1.54, 1.807) is 6.08 Å². The van der Waals surface area contributed by atoms with Crippen LogP contribution in [0.1, 0.15) is 24.9 Å². The first-order valence-electron chi connectivity index (χ1n) is 7.24. The molecule has 1 aromatic rings. The average molecular weight is 271 g/mol. The molecule has 2 aliphatic rings. The predicted octanol–water partition coefficient (Wildman–Crippen LogP) is 2.02. The minimum absolute atomic E-state index is 0.0534. The van der Waals surface area contributed by atoms with Gasteiger partial charge in [-0.15, -0.1) is 0 Å². The maximum absolute atomic E-state index is 12.1. The summed E-state index contributed by atoms with van der Waals surface area (Å²) in [5, 5.41) is 0. The fourth-order valence-electron chi connectivity index (χ4n) is 3.24. The van der Waals surface area contributed by atoms with E-state index in [-0.39, 0.29) is 18.2 Å². The van der Waals surface area contributed by atoms with Crippen molar-refractivity contribution in [2.45, 2.75) is 25.7 Å². The summed E-state index contributed by atoms with van der Waals surface area (Å²) in [6.07, 6.45) is 4.69. The van der Waals surface area contributed by atoms with E-state index in [9.17, 15) is 4.79 Å². The second kappa shape index (κ2) is 5.29. The Kier molecular flexibility index (Phi) is 3.49. The summed E-state index contributed by atoms with van der Waals surface area (Å²) in [5.74, 6) is 0.118. The maximum atomic E-state index is 12.1. The van der Waals surface area contributed by atoms with Crippen molar-refractivity contribution in [1.29, 1.82) is 0 Å². The standard InChI is InChI=1S/C16H21N3O/c1-3-10-18-14(13-7-5-4-6-8-13)12-19-15(20)9-11-17(2)16(18)19/h4-9,11,14,16H,3,10,12H2,1-2H3. The van der Waals surface area contributed by atoms with Crippen LogP contribution < -0.4 is 0 Å². The van der Waals surface area contributed by atoms with Crippen LogP contribution >= 0.6 is 0 Å². The molecule has 2 unspecified atom stereocenters. The van der Waals surface area contributed by atoms with E-state index >= 15 is 0 Å². The third-order valence-corrected chi connectivity index (χ3v) is 4.11. The minimum Gasteiger partial charge on any atom is -0.348 e. The van der Waals surface area contributed by atoms with Gasteiger partial charge in [0.05, 0.1) is 6.04 Å². The fourth-order valence-corrected chi connectivity index (χ4v) is 3.24. The number of benzene rings is 1. The number of hydrogen-bond acceptors (Lipinski definition) is 3. The molecule has 2 atom stereocenters. The van der Waals surface area contributed by atoms with Crippen LogP contribution in [0.2, 0.25) is 0 Å². The molecular formula is C16H21N3O. The summed E-state index contributed by atoms with van der Waals surface area (Å²) in [7, 11) is 2.04. The predicted molar refractivity (Wildman–Crippen MR) is 78.6 cm³/mol. The van der Waals surface area contributed by atoms with Gasteiger partial charge in [0.25, 0.3) is 5.91 Å². The SMILES string of the molecule is CCCN1C(c2ccccc2)CN2C(=O)C=CN(C)C21. The Morgan fingerprint density at radius 3 is 2.70 bits per heavy atom. The van der Waals surface area contributed by atoms with Crippen molar-refractivity contribution in [3.05, 3.63) is 48.2 Å². The van der Waals surface area contributed by atoms with Crippen molar-refractivity contribution in [2.75, 3.05) is 20.1 Å². The van der Waals surface area contributed by atoms with Gasteiger partial charge >= 0.3 is 0 Å². The summed E-state index contributed by atoms with van der Waals surface area (Å²) in [5.41, 5.74) is 1.29. The van der Waals surface area contributed by atoms with Crippen LogP contribution in [-0.2, 0) is 4.79 Å². The van der Waals surface area contributed by atoms with E-state index in [1.807, 2.05) is 24.2 Å². The first-order chi connectivity index (χ1) is 9.72. The van der Waals surface area contributed by atoms with Gasteiger partial charge in [0.2, 0.25) is 0 Å². The van der Waals surface area contributed by atoms with Gasteiger partial charge in [-0.1, -0.05) is 37.3 Å². The number of amides is 1. The van der Waals surface area contributed by atoms with Crippen LogP contribution in [0, 0.1) is 0 Å². The van der Waals surface area contributed by atoms with E-state index in [2.05, 4.69) is 41.0 Å². The van der Waals surface area contributed by atoms with E-state index in [1.165, 1.54) is 5.56 Å². The molecule has 2 heterocycles. The molecule has 4 nitrogen and oxygen atoms in total. The lowest BCUT2D eigenvalue weighted by Crippen LogP contribution is -2.52. The van der Waals surface area contributed by atoms with Gasteiger partial charge in [0.15, 0.2) is 6.29 Å². The van der Waals surface area contributed by atoms with Gasteiger partial charge in [-0.05, 0) is 12.0 Å². The highest BCUT2D eigenvalue weighted by molar-refractivity contribution is 5.88. The molecule has 2 aliphatic heterocycles. The first kappa shape index (κ1) is 13.2. The number of fused-ring (bicyclic) bond motifs is 1. The highest BCUT2D eigenvalue weighted by Gasteiger charge is 2.44. The normalized spacial score (nSPS) is 26.2. The molecule has 0 radical (unpaired) electrons. The zero-order valence-electron chi connectivity index (χ0n) is 12.1. The van der Waals surface area contributed by atoms with Crippen molar-refractivity contribution in [2.24, 2.45) is 0 Å². The van der Waals surface area contributed by atoms with E-state index < -0.39 is 0 Å². The van der Waals surface area contributed by atoms with Crippen molar-refractivity contribution in [3.63, 3.8) is 0 Å². The number of carbonyl (C=O) groups is 1. The highest BCUT2D eigenvalue weighted by Crippen LogP contribution is 2.35. The Bertz CT molecular complexity index is 514. The Balaban J connectivity index is 1.95. The van der Waals surface area contributed by atoms with E-state index in [0.29, 0.717) is 0 Å². The van der Waals surface area contributed by atoms with Gasteiger partial charge in [-0.25, -0.2) is 0 Å². The lowest BCUT2D eigenvalue weighted by Gasteiger charge is -2.39. The molecule has 0 bridgehead atoms. The summed E-state index contributed by atoms with van der Waals surface area (Å²) in [4.78, 5) is 18.7. The second-order valence-corrected chi connectivity index (χ2v) is 5.48. The quantitative estimate of drug-likeness (QED) is 0.841. The van der Waals surface area contributed by atoms with Crippen LogP contribution in [0.25, 0.3) is 0 Å². The molecule has 0 saturated carbocycles. The zero-order valence-corrected chi connectivity index (χ0v) is 12.1. The molecule has 1 amide bonds. The van der Waals surface area contributed by atoms with E-state index in [0.717, 1.165) is 19.5 Å². The lowest BCUT2D eigenvalue weighted by atomic mass is 10.1. The largest absolute Gasteiger partial charge is 0.348 e. The Labute approximate surface area is 120 Å². The average Bonchev–Trinajstić information content (AvgIpc) is 2.85. The van der Waals surface area contributed by atoms with Gasteiger partial charge in [-0.3, -0.25) is 9.69 Å². The molecule has 0 spiro atoms. The van der Waals surface area contributed by atoms with Gasteiger partial charge in [-0.2, -0.15) is 0 Å². The molecule has 0 N–H and O–H groups in total. The van der Waals surface area contributed by atoms with Crippen molar-refractivity contribution < 1.29 is 4.79 Å². The fraction of sp³-hybridized carbons (Fsp3) is 0.438. The third-order valence-electron chi connectivity index (χ3n) is 4.11. The molecule has 4 heteroatoms. The minimum atomic E-state index is 0.0534. The Morgan fingerprint density at radius 2 is 2.00 bits per heavy atom. The summed E-state index contributed by atoms with van der Waals surface area (Å²) < 4.78 is 0. The number of nitrogens with zero attached hydrogens (tertiary/aromatic N) is 3. The third kappa shape index (κ3) is 2.10. The second-order valence-electron chi connectivity index (χ2n) is 5.48. The van der Waals surface area contributed by atoms with Gasteiger partial charge < -0.3 is 9.80 Å². The molecule has 0 aliphatic carbocycles. The summed E-state index contributed by atoms with van der Waals surface area (Å²) in [6, 6.07) is 10.8. The molecule has 3 rings (SSSR count). The number of rotatable bonds is 3. The first-order valence-corrected chi connectivity index (χ1v) is 7.24. The van der Waals surface area contributed by atoms with Crippen molar-refractivity contribution >= 4 is 5.91 Å². The smallest absolute Gasteiger partial charge is 0.250 e. The molecular weight excluding hydrogens is 250 g/mol. The molecule has 1 fully saturated rings. The maximum Gasteiger partial charge on any atom is 0.250 e. The highest BCUT2D eigenvalue weighted by atomic mass is 16.2. The van der Waals surface area contributed by atoms with Crippen LogP contribution in [-0.4, -0.2) is 47.0 Å². The number of hydrogen-bond donors (Lipinski definition) is 0. The molecule has 0 aromatic heterocycles. The van der Waals surface area contributed by atoms with E-state index in [4.69, 9.17) is 0 Å². The molecule has 1 aromatic carbocycles. The zero-order chi connectivity index (χ0) is 14.1.